The van der Waals surface area contributed by atoms with Gasteiger partial charge >= 0.3 is 12.3 Å². The lowest BCUT2D eigenvalue weighted by Gasteiger charge is -2.25. The molecule has 0 aromatic heterocycles. The molecule has 0 aliphatic rings. The van der Waals surface area contributed by atoms with Crippen LogP contribution in [0.1, 0.15) is 12.5 Å². The lowest BCUT2D eigenvalue weighted by Crippen LogP contribution is -2.55. The average Bonchev–Trinajstić information content (AvgIpc) is 2.39. The quantitative estimate of drug-likeness (QED) is 0.793. The molecule has 2 N–H and O–H groups in total. The summed E-state index contributed by atoms with van der Waals surface area (Å²) in [4.78, 5) is 23.0. The van der Waals surface area contributed by atoms with E-state index < -0.39 is 29.5 Å². The van der Waals surface area contributed by atoms with E-state index >= 15 is 0 Å². The monoisotopic (exact) mass is 335 g/mol. The summed E-state index contributed by atoms with van der Waals surface area (Å²) in [5.74, 6) is -2.27. The van der Waals surface area contributed by atoms with Crippen molar-refractivity contribution in [3.05, 3.63) is 29.8 Å². The molecule has 0 radical (unpaired) electrons. The first-order chi connectivity index (χ1) is 10.6. The predicted octanol–water partition coefficient (Wildman–Crippen LogP) is 1.73. The van der Waals surface area contributed by atoms with E-state index in [1.807, 2.05) is 0 Å². The molecule has 9 heteroatoms. The van der Waals surface area contributed by atoms with Gasteiger partial charge in [-0.05, 0) is 24.6 Å². The number of carbonyl (C=O) groups excluding carboxylic acids is 1. The van der Waals surface area contributed by atoms with Gasteiger partial charge in [-0.3, -0.25) is 4.79 Å². The Bertz CT molecular complexity index is 559. The van der Waals surface area contributed by atoms with E-state index in [1.54, 1.807) is 0 Å². The summed E-state index contributed by atoms with van der Waals surface area (Å²) in [6.45, 7) is 1.06. The average molecular weight is 335 g/mol. The third-order valence-corrected chi connectivity index (χ3v) is 2.84. The number of methoxy groups -OCH3 is 1. The summed E-state index contributed by atoms with van der Waals surface area (Å²) in [6, 6.07) is 4.72. The lowest BCUT2D eigenvalue weighted by molar-refractivity contribution is -0.274. The topological polar surface area (TPSA) is 84.9 Å². The number of hydrogen-bond acceptors (Lipinski definition) is 4. The van der Waals surface area contributed by atoms with Gasteiger partial charge in [0.1, 0.15) is 5.75 Å². The smallest absolute Gasteiger partial charge is 0.479 e. The van der Waals surface area contributed by atoms with Crippen molar-refractivity contribution in [3.63, 3.8) is 0 Å². The Hall–Kier alpha value is -2.29. The number of carbonyl (C=O) groups is 2. The number of amides is 1. The van der Waals surface area contributed by atoms with Crippen molar-refractivity contribution in [2.75, 3.05) is 13.7 Å². The fourth-order valence-electron chi connectivity index (χ4n) is 1.79. The zero-order chi connectivity index (χ0) is 17.7. The van der Waals surface area contributed by atoms with Gasteiger partial charge in [-0.25, -0.2) is 4.79 Å². The Labute approximate surface area is 130 Å². The van der Waals surface area contributed by atoms with E-state index in [0.717, 1.165) is 12.1 Å². The van der Waals surface area contributed by atoms with E-state index in [0.29, 0.717) is 5.56 Å². The van der Waals surface area contributed by atoms with Crippen molar-refractivity contribution in [2.24, 2.45) is 0 Å². The molecule has 1 unspecified atom stereocenters. The SMILES string of the molecule is COCC(C)(NC(=O)Cc1ccc(OC(F)(F)F)cc1)C(=O)O. The summed E-state index contributed by atoms with van der Waals surface area (Å²) < 4.78 is 44.6. The molecule has 1 atom stereocenters. The summed E-state index contributed by atoms with van der Waals surface area (Å²) in [5.41, 5.74) is -1.19. The van der Waals surface area contributed by atoms with Crippen molar-refractivity contribution >= 4 is 11.9 Å². The molecule has 0 aliphatic carbocycles. The maximum atomic E-state index is 12.0. The Morgan fingerprint density at radius 1 is 1.22 bits per heavy atom. The summed E-state index contributed by atoms with van der Waals surface area (Å²) >= 11 is 0. The maximum absolute atomic E-state index is 12.0. The second-order valence-electron chi connectivity index (χ2n) is 4.99. The number of halogens is 3. The van der Waals surface area contributed by atoms with Crippen LogP contribution in [0.4, 0.5) is 13.2 Å². The van der Waals surface area contributed by atoms with Crippen LogP contribution in [0.15, 0.2) is 24.3 Å². The van der Waals surface area contributed by atoms with E-state index in [1.165, 1.54) is 26.2 Å². The van der Waals surface area contributed by atoms with Crippen LogP contribution in [0.2, 0.25) is 0 Å². The molecule has 6 nitrogen and oxygen atoms in total. The predicted molar refractivity (Wildman–Crippen MR) is 72.9 cm³/mol. The fourth-order valence-corrected chi connectivity index (χ4v) is 1.79. The molecule has 0 spiro atoms. The van der Waals surface area contributed by atoms with E-state index in [-0.39, 0.29) is 13.0 Å². The van der Waals surface area contributed by atoms with Crippen LogP contribution >= 0.6 is 0 Å². The molecular weight excluding hydrogens is 319 g/mol. The number of rotatable bonds is 7. The lowest BCUT2D eigenvalue weighted by atomic mass is 10.0. The van der Waals surface area contributed by atoms with Gasteiger partial charge in [0.15, 0.2) is 5.54 Å². The molecule has 0 saturated carbocycles. The molecular formula is C14H16F3NO5. The van der Waals surface area contributed by atoms with Crippen LogP contribution in [0.25, 0.3) is 0 Å². The highest BCUT2D eigenvalue weighted by molar-refractivity contribution is 5.87. The number of ether oxygens (including phenoxy) is 2. The third kappa shape index (κ3) is 6.15. The van der Waals surface area contributed by atoms with Crippen LogP contribution in [0.3, 0.4) is 0 Å². The second kappa shape index (κ2) is 7.32. The van der Waals surface area contributed by atoms with Gasteiger partial charge in [0.05, 0.1) is 13.0 Å². The van der Waals surface area contributed by atoms with Crippen LogP contribution in [-0.2, 0) is 20.7 Å². The van der Waals surface area contributed by atoms with Gasteiger partial charge in [0.25, 0.3) is 0 Å². The van der Waals surface area contributed by atoms with Gasteiger partial charge in [-0.2, -0.15) is 0 Å². The van der Waals surface area contributed by atoms with Crippen molar-refractivity contribution in [1.82, 2.24) is 5.32 Å². The Morgan fingerprint density at radius 2 is 1.78 bits per heavy atom. The largest absolute Gasteiger partial charge is 0.573 e. The standard InChI is InChI=1S/C14H16F3NO5/c1-13(8-22-2,12(20)21)18-11(19)7-9-3-5-10(6-4-9)23-14(15,16)17/h3-6H,7-8H2,1-2H3,(H,18,19)(H,20,21). The zero-order valence-electron chi connectivity index (χ0n) is 12.4. The highest BCUT2D eigenvalue weighted by Crippen LogP contribution is 2.22. The summed E-state index contributed by atoms with van der Waals surface area (Å²) in [6.07, 6.45) is -4.98. The van der Waals surface area contributed by atoms with Crippen molar-refractivity contribution in [2.45, 2.75) is 25.2 Å². The highest BCUT2D eigenvalue weighted by Gasteiger charge is 2.35. The number of hydrogen-bond donors (Lipinski definition) is 2. The molecule has 128 valence electrons. The van der Waals surface area contributed by atoms with E-state index in [4.69, 9.17) is 9.84 Å². The van der Waals surface area contributed by atoms with Crippen LogP contribution in [0, 0.1) is 0 Å². The number of nitrogens with one attached hydrogen (secondary N) is 1. The highest BCUT2D eigenvalue weighted by atomic mass is 19.4. The molecule has 0 heterocycles. The first-order valence-corrected chi connectivity index (χ1v) is 6.44. The molecule has 1 aromatic rings. The molecule has 0 fully saturated rings. The number of carboxylic acid groups (broad SMARTS) is 1. The minimum atomic E-state index is -4.79. The second-order valence-corrected chi connectivity index (χ2v) is 4.99. The first-order valence-electron chi connectivity index (χ1n) is 6.44. The number of alkyl halides is 3. The number of carboxylic acids is 1. The van der Waals surface area contributed by atoms with Crippen molar-refractivity contribution in [1.29, 1.82) is 0 Å². The maximum Gasteiger partial charge on any atom is 0.573 e. The van der Waals surface area contributed by atoms with Gasteiger partial charge in [-0.15, -0.1) is 13.2 Å². The minimum Gasteiger partial charge on any atom is -0.479 e. The van der Waals surface area contributed by atoms with Crippen LogP contribution in [-0.4, -0.2) is 42.6 Å². The molecule has 0 saturated heterocycles. The molecule has 0 bridgehead atoms. The molecule has 23 heavy (non-hydrogen) atoms. The van der Waals surface area contributed by atoms with Gasteiger partial charge in [0, 0.05) is 7.11 Å². The van der Waals surface area contributed by atoms with Gasteiger partial charge in [0.2, 0.25) is 5.91 Å². The zero-order valence-corrected chi connectivity index (χ0v) is 12.4. The Kier molecular flexibility index (Phi) is 5.97. The summed E-state index contributed by atoms with van der Waals surface area (Å²) in [5, 5.41) is 11.4. The van der Waals surface area contributed by atoms with Gasteiger partial charge in [-0.1, -0.05) is 12.1 Å². The van der Waals surface area contributed by atoms with E-state index in [9.17, 15) is 22.8 Å². The molecule has 1 rings (SSSR count). The van der Waals surface area contributed by atoms with Crippen molar-refractivity contribution in [3.8, 4) is 5.75 Å². The molecule has 1 aromatic carbocycles. The summed E-state index contributed by atoms with van der Waals surface area (Å²) in [7, 11) is 1.30. The minimum absolute atomic E-state index is 0.196. The van der Waals surface area contributed by atoms with Crippen LogP contribution in [0.5, 0.6) is 5.75 Å². The molecule has 0 aliphatic heterocycles. The molecule has 1 amide bonds. The van der Waals surface area contributed by atoms with E-state index in [2.05, 4.69) is 10.1 Å². The first kappa shape index (κ1) is 18.8. The van der Waals surface area contributed by atoms with Gasteiger partial charge < -0.3 is 19.9 Å². The normalized spacial score (nSPS) is 14.0. The fraction of sp³-hybridized carbons (Fsp3) is 0.429. The third-order valence-electron chi connectivity index (χ3n) is 2.84. The Morgan fingerprint density at radius 3 is 2.22 bits per heavy atom. The number of aliphatic carboxylic acids is 1. The number of benzene rings is 1. The van der Waals surface area contributed by atoms with Crippen LogP contribution < -0.4 is 10.1 Å². The van der Waals surface area contributed by atoms with Crippen molar-refractivity contribution < 1.29 is 37.3 Å². The Balaban J connectivity index is 2.69.